The van der Waals surface area contributed by atoms with Crippen LogP contribution in [0.5, 0.6) is 0 Å². The first-order chi connectivity index (χ1) is 18.5. The standard InChI is InChI=1S/C34H19BrO3/c1-18-14-16-19(17-15-18)26-29-27(20-8-2-4-10-22(20)32(29)36)31-28(21-9-3-5-11-23(21)33(31)37)30(26)34(38)24-12-6-7-13-25(24)35/h2-17H,1H3. The summed E-state index contributed by atoms with van der Waals surface area (Å²) in [6.45, 7) is 2.00. The monoisotopic (exact) mass is 554 g/mol. The highest BCUT2D eigenvalue weighted by atomic mass is 79.9. The van der Waals surface area contributed by atoms with E-state index in [9.17, 15) is 14.4 Å². The van der Waals surface area contributed by atoms with Gasteiger partial charge in [0.15, 0.2) is 16.6 Å². The molecule has 0 aromatic heterocycles. The summed E-state index contributed by atoms with van der Waals surface area (Å²) in [5.74, 6) is -0.236. The first kappa shape index (κ1) is 22.8. The molecule has 0 atom stereocenters. The summed E-state index contributed by atoms with van der Waals surface area (Å²) in [5.41, 5.74) is 2.94. The van der Waals surface area contributed by atoms with Crippen molar-refractivity contribution in [1.29, 1.82) is 0 Å². The third-order valence-corrected chi connectivity index (χ3v) is 8.21. The van der Waals surface area contributed by atoms with Crippen LogP contribution in [0.4, 0.5) is 0 Å². The van der Waals surface area contributed by atoms with Crippen molar-refractivity contribution >= 4 is 64.8 Å². The summed E-state index contributed by atoms with van der Waals surface area (Å²) in [6, 6.07) is 29.9. The Balaban J connectivity index is 1.85. The van der Waals surface area contributed by atoms with E-state index in [-0.39, 0.29) is 16.6 Å². The molecule has 0 spiro atoms. The van der Waals surface area contributed by atoms with Crippen LogP contribution in [-0.4, -0.2) is 5.78 Å². The zero-order valence-electron chi connectivity index (χ0n) is 20.3. The van der Waals surface area contributed by atoms with Gasteiger partial charge >= 0.3 is 0 Å². The minimum absolute atomic E-state index is 0.159. The molecule has 3 nitrogen and oxygen atoms in total. The second-order valence-electron chi connectivity index (χ2n) is 9.67. The lowest BCUT2D eigenvalue weighted by atomic mass is 9.86. The van der Waals surface area contributed by atoms with Gasteiger partial charge in [0, 0.05) is 53.5 Å². The molecule has 0 saturated carbocycles. The molecule has 7 rings (SSSR count). The van der Waals surface area contributed by atoms with Crippen LogP contribution in [0.25, 0.3) is 54.2 Å². The molecular weight excluding hydrogens is 536 g/mol. The summed E-state index contributed by atoms with van der Waals surface area (Å²) in [4.78, 5) is 42.6. The Labute approximate surface area is 225 Å². The normalized spacial score (nSPS) is 11.7. The quantitative estimate of drug-likeness (QED) is 0.209. The first-order valence-electron chi connectivity index (χ1n) is 12.4. The Bertz CT molecular complexity index is 2200. The highest BCUT2D eigenvalue weighted by molar-refractivity contribution is 9.10. The van der Waals surface area contributed by atoms with Crippen molar-refractivity contribution in [1.82, 2.24) is 0 Å². The van der Waals surface area contributed by atoms with Gasteiger partial charge in [-0.3, -0.25) is 14.4 Å². The molecule has 7 aromatic carbocycles. The number of carbonyl (C=O) groups is 1. The van der Waals surface area contributed by atoms with Crippen molar-refractivity contribution in [3.05, 3.63) is 139 Å². The fourth-order valence-electron chi connectivity index (χ4n) is 5.83. The molecule has 7 aromatic rings. The van der Waals surface area contributed by atoms with Gasteiger partial charge in [0.05, 0.1) is 0 Å². The molecule has 38 heavy (non-hydrogen) atoms. The Morgan fingerprint density at radius 1 is 0.579 bits per heavy atom. The van der Waals surface area contributed by atoms with Gasteiger partial charge in [0.1, 0.15) is 0 Å². The summed E-state index contributed by atoms with van der Waals surface area (Å²) in [7, 11) is 0. The number of hydrogen-bond donors (Lipinski definition) is 0. The molecule has 0 heterocycles. The minimum atomic E-state index is -0.236. The Morgan fingerprint density at radius 2 is 1.11 bits per heavy atom. The first-order valence-corrected chi connectivity index (χ1v) is 13.1. The minimum Gasteiger partial charge on any atom is -0.289 e. The maximum absolute atomic E-state index is 14.5. The third kappa shape index (κ3) is 3.04. The fraction of sp³-hybridized carbons (Fsp3) is 0.0294. The van der Waals surface area contributed by atoms with Crippen LogP contribution >= 0.6 is 15.9 Å². The topological polar surface area (TPSA) is 51.2 Å². The Kier molecular flexibility index (Phi) is 4.97. The van der Waals surface area contributed by atoms with Gasteiger partial charge in [0.25, 0.3) is 0 Å². The Hall–Kier alpha value is -4.41. The van der Waals surface area contributed by atoms with Gasteiger partial charge in [0.2, 0.25) is 0 Å². The number of benzene rings is 5. The third-order valence-electron chi connectivity index (χ3n) is 7.52. The maximum atomic E-state index is 14.5. The average Bonchev–Trinajstić information content (AvgIpc) is 3.40. The van der Waals surface area contributed by atoms with E-state index in [2.05, 4.69) is 15.9 Å². The zero-order valence-corrected chi connectivity index (χ0v) is 21.9. The van der Waals surface area contributed by atoms with Crippen LogP contribution < -0.4 is 10.9 Å². The second kappa shape index (κ2) is 8.30. The lowest BCUT2D eigenvalue weighted by Gasteiger charge is -2.15. The predicted molar refractivity (Wildman–Crippen MR) is 159 cm³/mol. The van der Waals surface area contributed by atoms with E-state index < -0.39 is 0 Å². The van der Waals surface area contributed by atoms with Crippen molar-refractivity contribution in [3.63, 3.8) is 0 Å². The van der Waals surface area contributed by atoms with Crippen molar-refractivity contribution in [3.8, 4) is 11.1 Å². The summed E-state index contributed by atoms with van der Waals surface area (Å²) in [5, 5.41) is 4.63. The van der Waals surface area contributed by atoms with Crippen LogP contribution in [-0.2, 0) is 0 Å². The molecule has 0 aliphatic heterocycles. The van der Waals surface area contributed by atoms with Gasteiger partial charge in [-0.1, -0.05) is 106 Å². The number of fused-ring (bicyclic) bond motifs is 7. The largest absolute Gasteiger partial charge is 0.289 e. The number of aryl methyl sites for hydroxylation is 1. The number of hydrogen-bond acceptors (Lipinski definition) is 3. The van der Waals surface area contributed by atoms with Crippen LogP contribution in [0, 0.1) is 6.92 Å². The van der Waals surface area contributed by atoms with Crippen LogP contribution in [0.2, 0.25) is 0 Å². The molecule has 0 aliphatic carbocycles. The van der Waals surface area contributed by atoms with E-state index in [4.69, 9.17) is 0 Å². The van der Waals surface area contributed by atoms with E-state index in [1.807, 2.05) is 85.8 Å². The van der Waals surface area contributed by atoms with Crippen LogP contribution in [0.1, 0.15) is 21.5 Å². The summed E-state index contributed by atoms with van der Waals surface area (Å²) in [6.07, 6.45) is 0. The predicted octanol–water partition coefficient (Wildman–Crippen LogP) is 7.86. The van der Waals surface area contributed by atoms with E-state index in [1.54, 1.807) is 18.2 Å². The smallest absolute Gasteiger partial charge is 0.195 e. The highest BCUT2D eigenvalue weighted by Crippen LogP contribution is 2.44. The molecule has 0 N–H and O–H groups in total. The molecule has 0 aliphatic rings. The molecule has 0 fully saturated rings. The SMILES string of the molecule is Cc1ccc(-c2c(C(=O)c3ccccc3Br)c3c4ccccc4c(=O)c3c3c2c(=O)c2ccccc23)cc1. The fourth-order valence-corrected chi connectivity index (χ4v) is 6.29. The highest BCUT2D eigenvalue weighted by Gasteiger charge is 2.30. The van der Waals surface area contributed by atoms with Crippen molar-refractivity contribution in [2.24, 2.45) is 0 Å². The Morgan fingerprint density at radius 3 is 1.74 bits per heavy atom. The van der Waals surface area contributed by atoms with E-state index >= 15 is 0 Å². The molecular formula is C34H19BrO3. The van der Waals surface area contributed by atoms with Gasteiger partial charge < -0.3 is 0 Å². The number of rotatable bonds is 3. The lowest BCUT2D eigenvalue weighted by molar-refractivity contribution is 0.104. The van der Waals surface area contributed by atoms with Gasteiger partial charge in [-0.05, 0) is 35.4 Å². The summed E-state index contributed by atoms with van der Waals surface area (Å²) < 4.78 is 0.654. The maximum Gasteiger partial charge on any atom is 0.195 e. The van der Waals surface area contributed by atoms with Crippen molar-refractivity contribution < 1.29 is 4.79 Å². The zero-order chi connectivity index (χ0) is 26.1. The van der Waals surface area contributed by atoms with Crippen molar-refractivity contribution in [2.45, 2.75) is 6.92 Å². The number of ketones is 1. The van der Waals surface area contributed by atoms with Gasteiger partial charge in [-0.15, -0.1) is 0 Å². The van der Waals surface area contributed by atoms with E-state index in [0.29, 0.717) is 53.5 Å². The van der Waals surface area contributed by atoms with Gasteiger partial charge in [-0.2, -0.15) is 0 Å². The molecule has 0 unspecified atom stereocenters. The lowest BCUT2D eigenvalue weighted by Crippen LogP contribution is -2.09. The molecule has 4 heteroatoms. The van der Waals surface area contributed by atoms with Crippen LogP contribution in [0.3, 0.4) is 0 Å². The summed E-state index contributed by atoms with van der Waals surface area (Å²) >= 11 is 3.55. The molecule has 0 saturated heterocycles. The molecule has 180 valence electrons. The number of carbonyl (C=O) groups excluding carboxylic acids is 1. The number of halogens is 1. The average molecular weight is 555 g/mol. The molecule has 0 bridgehead atoms. The van der Waals surface area contributed by atoms with Crippen LogP contribution in [0.15, 0.2) is 111 Å². The molecule has 0 amide bonds. The van der Waals surface area contributed by atoms with Gasteiger partial charge in [-0.25, -0.2) is 0 Å². The van der Waals surface area contributed by atoms with Crippen molar-refractivity contribution in [2.75, 3.05) is 0 Å². The van der Waals surface area contributed by atoms with E-state index in [1.165, 1.54) is 0 Å². The van der Waals surface area contributed by atoms with E-state index in [0.717, 1.165) is 21.9 Å². The molecule has 0 radical (unpaired) electrons. The second-order valence-corrected chi connectivity index (χ2v) is 10.5.